The van der Waals surface area contributed by atoms with Crippen molar-refractivity contribution in [1.82, 2.24) is 4.98 Å². The molecule has 0 spiro atoms. The number of thiocyanates is 1. The molecule has 0 bridgehead atoms. The Kier molecular flexibility index (Phi) is 10.1. The van der Waals surface area contributed by atoms with Crippen molar-refractivity contribution in [3.8, 4) is 5.40 Å². The van der Waals surface area contributed by atoms with Crippen molar-refractivity contribution in [3.63, 3.8) is 0 Å². The first kappa shape index (κ1) is 11.9. The summed E-state index contributed by atoms with van der Waals surface area (Å²) in [7, 11) is 0. The van der Waals surface area contributed by atoms with Crippen LogP contribution < -0.4 is 0 Å². The van der Waals surface area contributed by atoms with Crippen LogP contribution in [-0.2, 0) is 0 Å². The standard InChI is InChI=1S/C5H5N.C4H7NOS/c1-2-4-6-5-3-1;5-4-7-3-1-2-6/h1-5H;6H,1-3H2. The van der Waals surface area contributed by atoms with E-state index < -0.39 is 0 Å². The highest BCUT2D eigenvalue weighted by atomic mass is 32.2. The van der Waals surface area contributed by atoms with Crippen LogP contribution in [0.3, 0.4) is 0 Å². The van der Waals surface area contributed by atoms with Crippen molar-refractivity contribution in [2.75, 3.05) is 12.4 Å². The number of nitrogens with zero attached hydrogens (tertiary/aromatic N) is 2. The number of hydrogen-bond donors (Lipinski definition) is 1. The molecule has 1 aromatic rings. The summed E-state index contributed by atoms with van der Waals surface area (Å²) >= 11 is 1.18. The quantitative estimate of drug-likeness (QED) is 0.590. The molecule has 0 aliphatic heterocycles. The molecule has 4 heteroatoms. The maximum atomic E-state index is 8.17. The first-order valence-corrected chi connectivity index (χ1v) is 4.87. The molecule has 0 aliphatic rings. The maximum Gasteiger partial charge on any atom is 0.133 e. The van der Waals surface area contributed by atoms with Gasteiger partial charge in [0.25, 0.3) is 0 Å². The lowest BCUT2D eigenvalue weighted by atomic mass is 10.5. The fourth-order valence-corrected chi connectivity index (χ4v) is 0.860. The minimum absolute atomic E-state index is 0.189. The molecule has 1 rings (SSSR count). The highest BCUT2D eigenvalue weighted by Crippen LogP contribution is 1.96. The third kappa shape index (κ3) is 10.9. The molecule has 0 saturated heterocycles. The number of aromatic nitrogens is 1. The minimum atomic E-state index is 0.189. The number of hydrogen-bond acceptors (Lipinski definition) is 4. The summed E-state index contributed by atoms with van der Waals surface area (Å²) in [6.45, 7) is 0.189. The number of nitriles is 1. The molecule has 0 amide bonds. The molecule has 1 N–H and O–H groups in total. The highest BCUT2D eigenvalue weighted by molar-refractivity contribution is 8.03. The Balaban J connectivity index is 0.000000223. The van der Waals surface area contributed by atoms with E-state index in [1.165, 1.54) is 11.8 Å². The third-order valence-electron chi connectivity index (χ3n) is 1.04. The van der Waals surface area contributed by atoms with Crippen LogP contribution in [0.15, 0.2) is 30.6 Å². The van der Waals surface area contributed by atoms with Crippen LogP contribution in [-0.4, -0.2) is 22.5 Å². The molecule has 3 nitrogen and oxygen atoms in total. The second-order valence-corrected chi connectivity index (χ2v) is 2.92. The van der Waals surface area contributed by atoms with Crippen LogP contribution in [0.25, 0.3) is 0 Å². The SMILES string of the molecule is N#CSCCCO.c1ccncc1. The summed E-state index contributed by atoms with van der Waals surface area (Å²) in [5.74, 6) is 0.743. The van der Waals surface area contributed by atoms with Crippen LogP contribution in [0.5, 0.6) is 0 Å². The minimum Gasteiger partial charge on any atom is -0.396 e. The first-order chi connectivity index (χ1) is 6.41. The van der Waals surface area contributed by atoms with Crippen molar-refractivity contribution in [3.05, 3.63) is 30.6 Å². The predicted octanol–water partition coefficient (Wildman–Crippen LogP) is 1.66. The van der Waals surface area contributed by atoms with Gasteiger partial charge in [0.2, 0.25) is 0 Å². The maximum absolute atomic E-state index is 8.17. The second kappa shape index (κ2) is 11.0. The number of pyridine rings is 1. The third-order valence-corrected chi connectivity index (χ3v) is 1.66. The van der Waals surface area contributed by atoms with E-state index in [2.05, 4.69) is 4.98 Å². The van der Waals surface area contributed by atoms with Crippen molar-refractivity contribution in [2.45, 2.75) is 6.42 Å². The largest absolute Gasteiger partial charge is 0.396 e. The van der Waals surface area contributed by atoms with Crippen molar-refractivity contribution in [2.24, 2.45) is 0 Å². The number of aliphatic hydroxyl groups is 1. The average Bonchev–Trinajstić information content (AvgIpc) is 2.22. The van der Waals surface area contributed by atoms with Crippen molar-refractivity contribution < 1.29 is 5.11 Å². The van der Waals surface area contributed by atoms with Crippen molar-refractivity contribution >= 4 is 11.8 Å². The van der Waals surface area contributed by atoms with Gasteiger partial charge in [-0.1, -0.05) is 6.07 Å². The lowest BCUT2D eigenvalue weighted by Crippen LogP contribution is -1.82. The molecule has 0 saturated carbocycles. The molecule has 0 radical (unpaired) electrons. The molecule has 1 heterocycles. The van der Waals surface area contributed by atoms with Crippen LogP contribution in [0.1, 0.15) is 6.42 Å². The molecule has 0 unspecified atom stereocenters. The molecular weight excluding hydrogens is 184 g/mol. The first-order valence-electron chi connectivity index (χ1n) is 3.88. The molecule has 0 atom stereocenters. The monoisotopic (exact) mass is 196 g/mol. The molecule has 0 aliphatic carbocycles. The highest BCUT2D eigenvalue weighted by Gasteiger charge is 1.81. The summed E-state index contributed by atoms with van der Waals surface area (Å²) < 4.78 is 0. The number of thioether (sulfide) groups is 1. The Hall–Kier alpha value is -1.05. The lowest BCUT2D eigenvalue weighted by molar-refractivity contribution is 0.296. The van der Waals surface area contributed by atoms with Gasteiger partial charge in [0, 0.05) is 24.8 Å². The smallest absolute Gasteiger partial charge is 0.133 e. The van der Waals surface area contributed by atoms with Crippen LogP contribution >= 0.6 is 11.8 Å². The summed E-state index contributed by atoms with van der Waals surface area (Å²) in [6, 6.07) is 5.72. The summed E-state index contributed by atoms with van der Waals surface area (Å²) in [5, 5.41) is 18.0. The number of aliphatic hydroxyl groups excluding tert-OH is 1. The molecule has 0 fully saturated rings. The van der Waals surface area contributed by atoms with Gasteiger partial charge in [0.1, 0.15) is 5.40 Å². The molecule has 1 aromatic heterocycles. The van der Waals surface area contributed by atoms with Gasteiger partial charge in [-0.25, -0.2) is 0 Å². The zero-order chi connectivity index (χ0) is 9.78. The molecule has 70 valence electrons. The second-order valence-electron chi connectivity index (χ2n) is 2.04. The summed E-state index contributed by atoms with van der Waals surface area (Å²) in [4.78, 5) is 3.78. The Morgan fingerprint density at radius 1 is 1.31 bits per heavy atom. The Morgan fingerprint density at radius 3 is 2.31 bits per heavy atom. The van der Waals surface area contributed by atoms with Gasteiger partial charge in [-0.05, 0) is 30.3 Å². The van der Waals surface area contributed by atoms with E-state index in [1.54, 1.807) is 12.4 Å². The Morgan fingerprint density at radius 2 is 2.00 bits per heavy atom. The Bertz CT molecular complexity index is 196. The topological polar surface area (TPSA) is 56.9 Å². The van der Waals surface area contributed by atoms with E-state index in [4.69, 9.17) is 10.4 Å². The van der Waals surface area contributed by atoms with Gasteiger partial charge in [-0.3, -0.25) is 4.98 Å². The average molecular weight is 196 g/mol. The van der Waals surface area contributed by atoms with Crippen LogP contribution in [0, 0.1) is 10.7 Å². The number of rotatable bonds is 3. The molecule has 0 aromatic carbocycles. The Labute approximate surface area is 82.4 Å². The van der Waals surface area contributed by atoms with E-state index in [9.17, 15) is 0 Å². The lowest BCUT2D eigenvalue weighted by Gasteiger charge is -1.84. The zero-order valence-corrected chi connectivity index (χ0v) is 8.07. The van der Waals surface area contributed by atoms with E-state index in [-0.39, 0.29) is 6.61 Å². The normalized spacial score (nSPS) is 8.00. The molecular formula is C9H12N2OS. The predicted molar refractivity (Wildman–Crippen MR) is 54.0 cm³/mol. The van der Waals surface area contributed by atoms with Gasteiger partial charge < -0.3 is 5.11 Å². The van der Waals surface area contributed by atoms with E-state index in [0.29, 0.717) is 0 Å². The fourth-order valence-electron chi connectivity index (χ4n) is 0.495. The van der Waals surface area contributed by atoms with Gasteiger partial charge in [0.15, 0.2) is 0 Å². The van der Waals surface area contributed by atoms with E-state index in [0.717, 1.165) is 12.2 Å². The van der Waals surface area contributed by atoms with Crippen molar-refractivity contribution in [1.29, 1.82) is 5.26 Å². The van der Waals surface area contributed by atoms with E-state index in [1.807, 2.05) is 23.6 Å². The molecule has 13 heavy (non-hydrogen) atoms. The fraction of sp³-hybridized carbons (Fsp3) is 0.333. The van der Waals surface area contributed by atoms with Gasteiger partial charge in [0.05, 0.1) is 0 Å². The zero-order valence-electron chi connectivity index (χ0n) is 7.26. The summed E-state index contributed by atoms with van der Waals surface area (Å²) in [6.07, 6.45) is 4.22. The van der Waals surface area contributed by atoms with Gasteiger partial charge >= 0.3 is 0 Å². The van der Waals surface area contributed by atoms with Crippen LogP contribution in [0.2, 0.25) is 0 Å². The van der Waals surface area contributed by atoms with E-state index >= 15 is 0 Å². The van der Waals surface area contributed by atoms with Gasteiger partial charge in [-0.2, -0.15) is 5.26 Å². The van der Waals surface area contributed by atoms with Crippen LogP contribution in [0.4, 0.5) is 0 Å². The summed E-state index contributed by atoms with van der Waals surface area (Å²) in [5.41, 5.74) is 0. The van der Waals surface area contributed by atoms with Gasteiger partial charge in [-0.15, -0.1) is 0 Å².